The van der Waals surface area contributed by atoms with Crippen LogP contribution < -0.4 is 0 Å². The first-order chi connectivity index (χ1) is 8.56. The van der Waals surface area contributed by atoms with Crippen LogP contribution in [0.25, 0.3) is 0 Å². The van der Waals surface area contributed by atoms with Crippen molar-refractivity contribution in [3.8, 4) is 0 Å². The standard InChI is InChI=1S/C13H10ClF2NO/c14-12-7-17-2-1-11(12)13(18)5-8-3-9(15)6-10(16)4-8/h1-4,6-7,13,18H,5H2. The van der Waals surface area contributed by atoms with Crippen molar-refractivity contribution in [1.29, 1.82) is 0 Å². The average molecular weight is 270 g/mol. The van der Waals surface area contributed by atoms with Crippen LogP contribution in [0.5, 0.6) is 0 Å². The van der Waals surface area contributed by atoms with E-state index in [-0.39, 0.29) is 6.42 Å². The third-order valence-corrected chi connectivity index (χ3v) is 2.83. The second-order valence-electron chi connectivity index (χ2n) is 3.89. The molecule has 0 saturated heterocycles. The van der Waals surface area contributed by atoms with Gasteiger partial charge in [-0.25, -0.2) is 8.78 Å². The maximum Gasteiger partial charge on any atom is 0.126 e. The third-order valence-electron chi connectivity index (χ3n) is 2.51. The van der Waals surface area contributed by atoms with Crippen molar-refractivity contribution in [2.24, 2.45) is 0 Å². The second kappa shape index (κ2) is 5.42. The molecule has 1 aromatic heterocycles. The van der Waals surface area contributed by atoms with Crippen LogP contribution in [-0.2, 0) is 6.42 Å². The molecule has 0 fully saturated rings. The van der Waals surface area contributed by atoms with E-state index in [0.717, 1.165) is 6.07 Å². The number of aliphatic hydroxyl groups is 1. The Labute approximate surface area is 108 Å². The topological polar surface area (TPSA) is 33.1 Å². The summed E-state index contributed by atoms with van der Waals surface area (Å²) in [6, 6.07) is 4.72. The molecule has 18 heavy (non-hydrogen) atoms. The van der Waals surface area contributed by atoms with Gasteiger partial charge in [-0.05, 0) is 23.8 Å². The lowest BCUT2D eigenvalue weighted by Gasteiger charge is -2.12. The van der Waals surface area contributed by atoms with Gasteiger partial charge in [0, 0.05) is 30.4 Å². The number of pyridine rings is 1. The second-order valence-corrected chi connectivity index (χ2v) is 4.30. The minimum atomic E-state index is -0.929. The van der Waals surface area contributed by atoms with Gasteiger partial charge in [0.2, 0.25) is 0 Å². The Morgan fingerprint density at radius 3 is 2.50 bits per heavy atom. The summed E-state index contributed by atoms with van der Waals surface area (Å²) in [5.74, 6) is -1.34. The molecular formula is C13H10ClF2NO. The number of aliphatic hydroxyl groups excluding tert-OH is 1. The molecule has 1 N–H and O–H groups in total. The average Bonchev–Trinajstić information content (AvgIpc) is 2.27. The lowest BCUT2D eigenvalue weighted by atomic mass is 10.0. The molecule has 2 nitrogen and oxygen atoms in total. The Bertz CT molecular complexity index is 542. The number of hydrogen-bond donors (Lipinski definition) is 1. The molecular weight excluding hydrogens is 260 g/mol. The Kier molecular flexibility index (Phi) is 3.89. The largest absolute Gasteiger partial charge is 0.388 e. The number of rotatable bonds is 3. The van der Waals surface area contributed by atoms with Gasteiger partial charge in [-0.15, -0.1) is 0 Å². The molecule has 2 aromatic rings. The normalized spacial score (nSPS) is 12.4. The first-order valence-corrected chi connectivity index (χ1v) is 5.66. The fraction of sp³-hybridized carbons (Fsp3) is 0.154. The fourth-order valence-corrected chi connectivity index (χ4v) is 1.96. The summed E-state index contributed by atoms with van der Waals surface area (Å²) < 4.78 is 26.0. The molecule has 94 valence electrons. The van der Waals surface area contributed by atoms with E-state index in [1.807, 2.05) is 0 Å². The summed E-state index contributed by atoms with van der Waals surface area (Å²) in [4.78, 5) is 3.80. The number of nitrogens with zero attached hydrogens (tertiary/aromatic N) is 1. The number of aromatic nitrogens is 1. The van der Waals surface area contributed by atoms with Gasteiger partial charge >= 0.3 is 0 Å². The van der Waals surface area contributed by atoms with Gasteiger partial charge in [0.25, 0.3) is 0 Å². The third kappa shape index (κ3) is 3.03. The van der Waals surface area contributed by atoms with E-state index in [9.17, 15) is 13.9 Å². The molecule has 0 aliphatic heterocycles. The lowest BCUT2D eigenvalue weighted by Crippen LogP contribution is -2.03. The lowest BCUT2D eigenvalue weighted by molar-refractivity contribution is 0.178. The maximum absolute atomic E-state index is 13.0. The van der Waals surface area contributed by atoms with Gasteiger partial charge in [-0.2, -0.15) is 0 Å². The Balaban J connectivity index is 2.21. The highest BCUT2D eigenvalue weighted by Crippen LogP contribution is 2.25. The Morgan fingerprint density at radius 1 is 1.22 bits per heavy atom. The highest BCUT2D eigenvalue weighted by molar-refractivity contribution is 6.31. The smallest absolute Gasteiger partial charge is 0.126 e. The molecule has 0 aliphatic rings. The van der Waals surface area contributed by atoms with Crippen LogP contribution >= 0.6 is 11.6 Å². The molecule has 0 aliphatic carbocycles. The zero-order chi connectivity index (χ0) is 13.1. The van der Waals surface area contributed by atoms with Crippen molar-refractivity contribution in [2.45, 2.75) is 12.5 Å². The molecule has 1 unspecified atom stereocenters. The van der Waals surface area contributed by atoms with Crippen LogP contribution in [0.1, 0.15) is 17.2 Å². The summed E-state index contributed by atoms with van der Waals surface area (Å²) in [5.41, 5.74) is 0.851. The molecule has 0 amide bonds. The summed E-state index contributed by atoms with van der Waals surface area (Å²) in [7, 11) is 0. The van der Waals surface area contributed by atoms with Crippen LogP contribution in [0.15, 0.2) is 36.7 Å². The van der Waals surface area contributed by atoms with E-state index in [1.54, 1.807) is 6.07 Å². The minimum Gasteiger partial charge on any atom is -0.388 e. The zero-order valence-corrected chi connectivity index (χ0v) is 10.0. The first-order valence-electron chi connectivity index (χ1n) is 5.28. The predicted molar refractivity (Wildman–Crippen MR) is 64.3 cm³/mol. The molecule has 0 spiro atoms. The van der Waals surface area contributed by atoms with E-state index in [2.05, 4.69) is 4.98 Å². The highest BCUT2D eigenvalue weighted by atomic mass is 35.5. The number of benzene rings is 1. The van der Waals surface area contributed by atoms with Crippen LogP contribution in [-0.4, -0.2) is 10.1 Å². The molecule has 0 saturated carbocycles. The van der Waals surface area contributed by atoms with Crippen molar-refractivity contribution in [3.05, 3.63) is 64.4 Å². The van der Waals surface area contributed by atoms with Gasteiger partial charge < -0.3 is 5.11 Å². The molecule has 0 radical (unpaired) electrons. The molecule has 1 atom stereocenters. The Morgan fingerprint density at radius 2 is 1.89 bits per heavy atom. The van der Waals surface area contributed by atoms with Gasteiger partial charge in [-0.3, -0.25) is 4.98 Å². The predicted octanol–water partition coefficient (Wildman–Crippen LogP) is 3.29. The molecule has 1 aromatic carbocycles. The molecule has 1 heterocycles. The van der Waals surface area contributed by atoms with Crippen LogP contribution in [0.4, 0.5) is 8.78 Å². The van der Waals surface area contributed by atoms with Crippen molar-refractivity contribution in [1.82, 2.24) is 4.98 Å². The van der Waals surface area contributed by atoms with E-state index in [4.69, 9.17) is 11.6 Å². The molecule has 2 rings (SSSR count). The van der Waals surface area contributed by atoms with E-state index < -0.39 is 17.7 Å². The van der Waals surface area contributed by atoms with Gasteiger partial charge in [0.15, 0.2) is 0 Å². The van der Waals surface area contributed by atoms with Crippen molar-refractivity contribution < 1.29 is 13.9 Å². The zero-order valence-electron chi connectivity index (χ0n) is 9.28. The molecule has 0 bridgehead atoms. The van der Waals surface area contributed by atoms with E-state index in [1.165, 1.54) is 24.5 Å². The summed E-state index contributed by atoms with van der Waals surface area (Å²) in [6.45, 7) is 0. The first kappa shape index (κ1) is 12.9. The number of hydrogen-bond acceptors (Lipinski definition) is 2. The summed E-state index contributed by atoms with van der Waals surface area (Å²) in [6.07, 6.45) is 2.06. The monoisotopic (exact) mass is 269 g/mol. The SMILES string of the molecule is OC(Cc1cc(F)cc(F)c1)c1ccncc1Cl. The van der Waals surface area contributed by atoms with Gasteiger partial charge in [-0.1, -0.05) is 11.6 Å². The van der Waals surface area contributed by atoms with Crippen LogP contribution in [0, 0.1) is 11.6 Å². The van der Waals surface area contributed by atoms with Gasteiger partial charge in [0.05, 0.1) is 11.1 Å². The summed E-state index contributed by atoms with van der Waals surface area (Å²) >= 11 is 5.88. The van der Waals surface area contributed by atoms with Crippen molar-refractivity contribution in [2.75, 3.05) is 0 Å². The van der Waals surface area contributed by atoms with Crippen molar-refractivity contribution >= 4 is 11.6 Å². The van der Waals surface area contributed by atoms with Crippen LogP contribution in [0.2, 0.25) is 5.02 Å². The van der Waals surface area contributed by atoms with Gasteiger partial charge in [0.1, 0.15) is 11.6 Å². The quantitative estimate of drug-likeness (QED) is 0.927. The highest BCUT2D eigenvalue weighted by Gasteiger charge is 2.13. The van der Waals surface area contributed by atoms with Crippen molar-refractivity contribution in [3.63, 3.8) is 0 Å². The maximum atomic E-state index is 13.0. The fourth-order valence-electron chi connectivity index (χ4n) is 1.72. The number of halogens is 3. The van der Waals surface area contributed by atoms with Crippen LogP contribution in [0.3, 0.4) is 0 Å². The van der Waals surface area contributed by atoms with E-state index >= 15 is 0 Å². The minimum absolute atomic E-state index is 0.0818. The van der Waals surface area contributed by atoms with E-state index in [0.29, 0.717) is 16.1 Å². The summed E-state index contributed by atoms with van der Waals surface area (Å²) in [5, 5.41) is 10.3. The Hall–Kier alpha value is -1.52. The molecule has 5 heteroatoms.